The molecule has 7 heteroatoms. The third-order valence-electron chi connectivity index (χ3n) is 2.63. The fraction of sp³-hybridized carbons (Fsp3) is 0.214. The highest BCUT2D eigenvalue weighted by Gasteiger charge is 2.31. The molecule has 0 fully saturated rings. The van der Waals surface area contributed by atoms with E-state index in [1.54, 1.807) is 24.3 Å². The molecule has 4 nitrogen and oxygen atoms in total. The van der Waals surface area contributed by atoms with E-state index in [-0.39, 0.29) is 6.54 Å². The molecule has 21 heavy (non-hydrogen) atoms. The molecule has 0 saturated heterocycles. The first-order chi connectivity index (χ1) is 9.94. The summed E-state index contributed by atoms with van der Waals surface area (Å²) < 4.78 is 39.7. The van der Waals surface area contributed by atoms with Crippen LogP contribution in [-0.4, -0.2) is 23.0 Å². The first-order valence-corrected chi connectivity index (χ1v) is 6.13. The number of aliphatic hydroxyl groups is 1. The molecule has 0 bridgehead atoms. The van der Waals surface area contributed by atoms with Gasteiger partial charge in [-0.1, -0.05) is 30.3 Å². The van der Waals surface area contributed by atoms with E-state index < -0.39 is 18.2 Å². The Labute approximate surface area is 119 Å². The van der Waals surface area contributed by atoms with Crippen molar-refractivity contribution in [1.82, 2.24) is 4.98 Å². The van der Waals surface area contributed by atoms with Gasteiger partial charge in [0.05, 0.1) is 12.3 Å². The van der Waals surface area contributed by atoms with Crippen LogP contribution >= 0.6 is 0 Å². The van der Waals surface area contributed by atoms with Crippen molar-refractivity contribution in [3.8, 4) is 5.75 Å². The molecule has 2 rings (SSSR count). The predicted octanol–water partition coefficient (Wildman–Crippen LogP) is 3.13. The molecule has 0 spiro atoms. The van der Waals surface area contributed by atoms with Gasteiger partial charge in [-0.3, -0.25) is 0 Å². The third-order valence-corrected chi connectivity index (χ3v) is 2.63. The topological polar surface area (TPSA) is 54.4 Å². The van der Waals surface area contributed by atoms with E-state index in [1.807, 2.05) is 6.07 Å². The Balaban J connectivity index is 1.89. The van der Waals surface area contributed by atoms with Gasteiger partial charge in [-0.2, -0.15) is 0 Å². The molecule has 1 aromatic carbocycles. The number of aromatic nitrogens is 1. The molecule has 112 valence electrons. The summed E-state index contributed by atoms with van der Waals surface area (Å²) in [5.74, 6) is -0.0452. The van der Waals surface area contributed by atoms with Crippen LogP contribution in [0.25, 0.3) is 0 Å². The normalized spacial score (nSPS) is 12.8. The highest BCUT2D eigenvalue weighted by atomic mass is 19.4. The Hall–Kier alpha value is -2.28. The van der Waals surface area contributed by atoms with E-state index in [9.17, 15) is 18.3 Å². The van der Waals surface area contributed by atoms with Crippen molar-refractivity contribution in [1.29, 1.82) is 0 Å². The molecular weight excluding hydrogens is 285 g/mol. The Morgan fingerprint density at radius 2 is 1.86 bits per heavy atom. The van der Waals surface area contributed by atoms with E-state index in [0.717, 1.165) is 17.8 Å². The third kappa shape index (κ3) is 4.96. The van der Waals surface area contributed by atoms with E-state index >= 15 is 0 Å². The second-order valence-electron chi connectivity index (χ2n) is 4.23. The van der Waals surface area contributed by atoms with Crippen LogP contribution in [-0.2, 0) is 0 Å². The second-order valence-corrected chi connectivity index (χ2v) is 4.23. The monoisotopic (exact) mass is 298 g/mol. The number of hydrogen-bond donors (Lipinski definition) is 2. The van der Waals surface area contributed by atoms with Crippen molar-refractivity contribution in [3.63, 3.8) is 0 Å². The van der Waals surface area contributed by atoms with Crippen LogP contribution in [0.1, 0.15) is 11.7 Å². The maximum Gasteiger partial charge on any atom is 0.573 e. The molecule has 0 aliphatic rings. The Bertz CT molecular complexity index is 559. The average molecular weight is 298 g/mol. The summed E-state index contributed by atoms with van der Waals surface area (Å²) in [4.78, 5) is 3.78. The molecule has 1 atom stereocenters. The van der Waals surface area contributed by atoms with E-state index in [2.05, 4.69) is 15.0 Å². The highest BCUT2D eigenvalue weighted by molar-refractivity contribution is 5.38. The van der Waals surface area contributed by atoms with E-state index in [0.29, 0.717) is 5.82 Å². The number of hydrogen-bond acceptors (Lipinski definition) is 4. The largest absolute Gasteiger partial charge is 0.573 e. The Morgan fingerprint density at radius 1 is 1.14 bits per heavy atom. The lowest BCUT2D eigenvalue weighted by Crippen LogP contribution is -2.17. The van der Waals surface area contributed by atoms with Gasteiger partial charge < -0.3 is 15.2 Å². The van der Waals surface area contributed by atoms with E-state index in [1.165, 1.54) is 6.07 Å². The first kappa shape index (κ1) is 15.1. The number of nitrogens with one attached hydrogen (secondary N) is 1. The van der Waals surface area contributed by atoms with Crippen LogP contribution in [0.5, 0.6) is 5.75 Å². The van der Waals surface area contributed by atoms with Crippen molar-refractivity contribution in [2.45, 2.75) is 12.5 Å². The Morgan fingerprint density at radius 3 is 2.43 bits per heavy atom. The maximum absolute atomic E-state index is 12.0. The Kier molecular flexibility index (Phi) is 4.64. The zero-order valence-electron chi connectivity index (χ0n) is 10.8. The zero-order chi connectivity index (χ0) is 15.3. The summed E-state index contributed by atoms with van der Waals surface area (Å²) in [6.07, 6.45) is -4.51. The second kappa shape index (κ2) is 6.45. The summed E-state index contributed by atoms with van der Waals surface area (Å²) >= 11 is 0. The van der Waals surface area contributed by atoms with Gasteiger partial charge in [0.15, 0.2) is 0 Å². The van der Waals surface area contributed by atoms with Crippen LogP contribution in [0, 0.1) is 0 Å². The van der Waals surface area contributed by atoms with Gasteiger partial charge in [0.25, 0.3) is 0 Å². The lowest BCUT2D eigenvalue weighted by atomic mass is 10.1. The van der Waals surface area contributed by atoms with Gasteiger partial charge in [-0.05, 0) is 17.7 Å². The number of anilines is 1. The molecule has 0 saturated carbocycles. The number of halogens is 3. The van der Waals surface area contributed by atoms with Crippen LogP contribution < -0.4 is 10.1 Å². The standard InChI is InChI=1S/C14H13F3N2O2/c15-14(16,17)21-11-6-7-13(18-8-11)19-9-12(20)10-4-2-1-3-5-10/h1-8,12,20H,9H2,(H,18,19). The summed E-state index contributed by atoms with van der Waals surface area (Å²) in [5, 5.41) is 12.8. The minimum atomic E-state index is -4.74. The van der Waals surface area contributed by atoms with E-state index in [4.69, 9.17) is 0 Å². The van der Waals surface area contributed by atoms with Gasteiger partial charge in [0, 0.05) is 6.54 Å². The SMILES string of the molecule is OC(CNc1ccc(OC(F)(F)F)cn1)c1ccccc1. The van der Waals surface area contributed by atoms with Crippen LogP contribution in [0.4, 0.5) is 19.0 Å². The van der Waals surface area contributed by atoms with Crippen molar-refractivity contribution in [2.75, 3.05) is 11.9 Å². The van der Waals surface area contributed by atoms with Gasteiger partial charge in [0.2, 0.25) is 0 Å². The van der Waals surface area contributed by atoms with Crippen LogP contribution in [0.3, 0.4) is 0 Å². The van der Waals surface area contributed by atoms with Gasteiger partial charge in [0.1, 0.15) is 11.6 Å². The smallest absolute Gasteiger partial charge is 0.404 e. The quantitative estimate of drug-likeness (QED) is 0.890. The van der Waals surface area contributed by atoms with Crippen molar-refractivity contribution in [3.05, 3.63) is 54.2 Å². The molecule has 1 aromatic heterocycles. The highest BCUT2D eigenvalue weighted by Crippen LogP contribution is 2.22. The molecule has 2 aromatic rings. The minimum Gasteiger partial charge on any atom is -0.404 e. The zero-order valence-corrected chi connectivity index (χ0v) is 10.8. The summed E-state index contributed by atoms with van der Waals surface area (Å²) in [6, 6.07) is 11.5. The van der Waals surface area contributed by atoms with Crippen molar-refractivity contribution in [2.24, 2.45) is 0 Å². The van der Waals surface area contributed by atoms with Gasteiger partial charge in [-0.25, -0.2) is 4.98 Å². The molecule has 0 radical (unpaired) electrons. The fourth-order valence-electron chi connectivity index (χ4n) is 1.67. The number of ether oxygens (including phenoxy) is 1. The first-order valence-electron chi connectivity index (χ1n) is 6.13. The van der Waals surface area contributed by atoms with Crippen LogP contribution in [0.15, 0.2) is 48.7 Å². The number of rotatable bonds is 5. The molecule has 0 aliphatic carbocycles. The number of alkyl halides is 3. The van der Waals surface area contributed by atoms with Crippen LogP contribution in [0.2, 0.25) is 0 Å². The molecule has 2 N–H and O–H groups in total. The van der Waals surface area contributed by atoms with Gasteiger partial charge in [-0.15, -0.1) is 13.2 Å². The molecule has 1 heterocycles. The fourth-order valence-corrected chi connectivity index (χ4v) is 1.67. The molecular formula is C14H13F3N2O2. The number of aliphatic hydroxyl groups excluding tert-OH is 1. The molecule has 0 amide bonds. The number of benzene rings is 1. The number of nitrogens with zero attached hydrogens (tertiary/aromatic N) is 1. The molecule has 0 aliphatic heterocycles. The van der Waals surface area contributed by atoms with Crippen molar-refractivity contribution < 1.29 is 23.0 Å². The van der Waals surface area contributed by atoms with Gasteiger partial charge >= 0.3 is 6.36 Å². The maximum atomic E-state index is 12.0. The van der Waals surface area contributed by atoms with Crippen molar-refractivity contribution >= 4 is 5.82 Å². The summed E-state index contributed by atoms with van der Waals surface area (Å²) in [5.41, 5.74) is 0.738. The summed E-state index contributed by atoms with van der Waals surface area (Å²) in [6.45, 7) is 0.191. The average Bonchev–Trinajstić information content (AvgIpc) is 2.45. The minimum absolute atomic E-state index is 0.191. The summed E-state index contributed by atoms with van der Waals surface area (Å²) in [7, 11) is 0. The lowest BCUT2D eigenvalue weighted by Gasteiger charge is -2.13. The molecule has 1 unspecified atom stereocenters. The predicted molar refractivity (Wildman–Crippen MR) is 70.8 cm³/mol. The number of pyridine rings is 1. The lowest BCUT2D eigenvalue weighted by molar-refractivity contribution is -0.274.